The molecular weight excluding hydrogens is 150 g/mol. The molecule has 3 N–H and O–H groups in total. The lowest BCUT2D eigenvalue weighted by atomic mass is 10.0. The standard InChI is InChI=1S/C9H21N3/c1-7(2)6-12(8(10)11)9(3,4)5/h7H,6H2,1-5H3,(H3,10,11). The van der Waals surface area contributed by atoms with Crippen LogP contribution in [0, 0.1) is 11.3 Å². The Morgan fingerprint density at radius 2 is 1.83 bits per heavy atom. The van der Waals surface area contributed by atoms with E-state index in [2.05, 4.69) is 34.6 Å². The number of hydrogen-bond acceptors (Lipinski definition) is 1. The Kier molecular flexibility index (Phi) is 3.55. The van der Waals surface area contributed by atoms with E-state index in [0.29, 0.717) is 5.92 Å². The lowest BCUT2D eigenvalue weighted by Crippen LogP contribution is -2.50. The molecule has 0 unspecified atom stereocenters. The summed E-state index contributed by atoms with van der Waals surface area (Å²) in [4.78, 5) is 1.91. The highest BCUT2D eigenvalue weighted by atomic mass is 15.3. The molecular formula is C9H21N3. The molecule has 0 heterocycles. The maximum Gasteiger partial charge on any atom is 0.188 e. The number of nitrogens with one attached hydrogen (secondary N) is 1. The Hall–Kier alpha value is -0.730. The van der Waals surface area contributed by atoms with Gasteiger partial charge in [-0.05, 0) is 26.7 Å². The van der Waals surface area contributed by atoms with Crippen molar-refractivity contribution in [1.29, 1.82) is 5.41 Å². The number of nitrogens with two attached hydrogens (primary N) is 1. The molecule has 0 aromatic carbocycles. The van der Waals surface area contributed by atoms with E-state index in [1.54, 1.807) is 0 Å². The molecule has 0 aliphatic rings. The van der Waals surface area contributed by atoms with Gasteiger partial charge in [-0.1, -0.05) is 13.8 Å². The Morgan fingerprint density at radius 3 is 1.92 bits per heavy atom. The maximum absolute atomic E-state index is 7.40. The Morgan fingerprint density at radius 1 is 1.42 bits per heavy atom. The molecule has 0 atom stereocenters. The number of hydrogen-bond donors (Lipinski definition) is 2. The molecule has 0 aromatic rings. The Labute approximate surface area is 75.4 Å². The molecule has 0 radical (unpaired) electrons. The molecule has 0 bridgehead atoms. The third kappa shape index (κ3) is 3.60. The molecule has 3 heteroatoms. The second-order valence-electron chi connectivity index (χ2n) is 4.56. The molecule has 0 spiro atoms. The van der Waals surface area contributed by atoms with E-state index in [1.165, 1.54) is 0 Å². The Bertz CT molecular complexity index is 156. The van der Waals surface area contributed by atoms with Gasteiger partial charge in [-0.2, -0.15) is 0 Å². The van der Waals surface area contributed by atoms with E-state index in [4.69, 9.17) is 11.1 Å². The van der Waals surface area contributed by atoms with Gasteiger partial charge in [-0.15, -0.1) is 0 Å². The van der Waals surface area contributed by atoms with Crippen LogP contribution in [0.1, 0.15) is 34.6 Å². The molecule has 72 valence electrons. The van der Waals surface area contributed by atoms with Crippen LogP contribution in [0.15, 0.2) is 0 Å². The average Bonchev–Trinajstić information content (AvgIpc) is 1.79. The molecule has 0 amide bonds. The van der Waals surface area contributed by atoms with Crippen molar-refractivity contribution in [2.75, 3.05) is 6.54 Å². The minimum Gasteiger partial charge on any atom is -0.370 e. The highest BCUT2D eigenvalue weighted by Crippen LogP contribution is 2.14. The van der Waals surface area contributed by atoms with Crippen LogP contribution in [0.5, 0.6) is 0 Å². The van der Waals surface area contributed by atoms with Crippen LogP contribution in [0.2, 0.25) is 0 Å². The zero-order valence-electron chi connectivity index (χ0n) is 8.81. The summed E-state index contributed by atoms with van der Waals surface area (Å²) in [7, 11) is 0. The summed E-state index contributed by atoms with van der Waals surface area (Å²) in [5.41, 5.74) is 5.43. The van der Waals surface area contributed by atoms with Gasteiger partial charge < -0.3 is 10.6 Å². The van der Waals surface area contributed by atoms with Crippen LogP contribution < -0.4 is 5.73 Å². The third-order valence-electron chi connectivity index (χ3n) is 1.65. The number of guanidine groups is 1. The van der Waals surface area contributed by atoms with E-state index in [-0.39, 0.29) is 11.5 Å². The average molecular weight is 171 g/mol. The molecule has 12 heavy (non-hydrogen) atoms. The lowest BCUT2D eigenvalue weighted by molar-refractivity contribution is 0.211. The van der Waals surface area contributed by atoms with Gasteiger partial charge in [-0.3, -0.25) is 5.41 Å². The third-order valence-corrected chi connectivity index (χ3v) is 1.65. The van der Waals surface area contributed by atoms with E-state index in [0.717, 1.165) is 6.54 Å². The van der Waals surface area contributed by atoms with Gasteiger partial charge >= 0.3 is 0 Å². The second kappa shape index (κ2) is 3.78. The van der Waals surface area contributed by atoms with Gasteiger partial charge in [0.1, 0.15) is 0 Å². The van der Waals surface area contributed by atoms with Crippen LogP contribution in [0.4, 0.5) is 0 Å². The number of rotatable bonds is 2. The fraction of sp³-hybridized carbons (Fsp3) is 0.889. The van der Waals surface area contributed by atoms with Crippen molar-refractivity contribution in [2.24, 2.45) is 11.7 Å². The van der Waals surface area contributed by atoms with Gasteiger partial charge in [0.25, 0.3) is 0 Å². The largest absolute Gasteiger partial charge is 0.370 e. The SMILES string of the molecule is CC(C)CN(C(=N)N)C(C)(C)C. The maximum atomic E-state index is 7.40. The van der Waals surface area contributed by atoms with Crippen LogP contribution in [-0.4, -0.2) is 22.9 Å². The van der Waals surface area contributed by atoms with Crippen LogP contribution >= 0.6 is 0 Å². The van der Waals surface area contributed by atoms with Gasteiger partial charge in [0, 0.05) is 12.1 Å². The van der Waals surface area contributed by atoms with Crippen molar-refractivity contribution >= 4 is 5.96 Å². The topological polar surface area (TPSA) is 53.1 Å². The monoisotopic (exact) mass is 171 g/mol. The van der Waals surface area contributed by atoms with Gasteiger partial charge in [-0.25, -0.2) is 0 Å². The van der Waals surface area contributed by atoms with Gasteiger partial charge in [0.2, 0.25) is 0 Å². The van der Waals surface area contributed by atoms with Crippen molar-refractivity contribution in [3.8, 4) is 0 Å². The smallest absolute Gasteiger partial charge is 0.188 e. The molecule has 3 nitrogen and oxygen atoms in total. The lowest BCUT2D eigenvalue weighted by Gasteiger charge is -2.37. The highest BCUT2D eigenvalue weighted by molar-refractivity contribution is 5.75. The van der Waals surface area contributed by atoms with E-state index >= 15 is 0 Å². The molecule has 0 aliphatic heterocycles. The quantitative estimate of drug-likeness (QED) is 0.490. The van der Waals surface area contributed by atoms with Crippen LogP contribution in [0.3, 0.4) is 0 Å². The summed E-state index contributed by atoms with van der Waals surface area (Å²) in [6.45, 7) is 11.3. The zero-order valence-corrected chi connectivity index (χ0v) is 8.81. The minimum absolute atomic E-state index is 0.0455. The first-order valence-corrected chi connectivity index (χ1v) is 4.37. The fourth-order valence-electron chi connectivity index (χ4n) is 1.10. The predicted octanol–water partition coefficient (Wildman–Crippen LogP) is 1.64. The summed E-state index contributed by atoms with van der Waals surface area (Å²) in [6, 6.07) is 0. The minimum atomic E-state index is -0.0455. The summed E-state index contributed by atoms with van der Waals surface area (Å²) < 4.78 is 0. The summed E-state index contributed by atoms with van der Waals surface area (Å²) in [6.07, 6.45) is 0. The summed E-state index contributed by atoms with van der Waals surface area (Å²) in [5.74, 6) is 0.698. The van der Waals surface area contributed by atoms with Crippen LogP contribution in [0.25, 0.3) is 0 Å². The second-order valence-corrected chi connectivity index (χ2v) is 4.56. The van der Waals surface area contributed by atoms with Crippen molar-refractivity contribution in [2.45, 2.75) is 40.2 Å². The Balaban J connectivity index is 4.35. The molecule has 0 saturated heterocycles. The molecule has 0 aromatic heterocycles. The first-order valence-electron chi connectivity index (χ1n) is 4.37. The first-order chi connectivity index (χ1) is 5.25. The summed E-state index contributed by atoms with van der Waals surface area (Å²) >= 11 is 0. The zero-order chi connectivity index (χ0) is 9.94. The van der Waals surface area contributed by atoms with Crippen molar-refractivity contribution in [3.05, 3.63) is 0 Å². The molecule has 0 rings (SSSR count). The molecule has 0 aliphatic carbocycles. The van der Waals surface area contributed by atoms with Gasteiger partial charge in [0.05, 0.1) is 0 Å². The van der Waals surface area contributed by atoms with E-state index < -0.39 is 0 Å². The van der Waals surface area contributed by atoms with Gasteiger partial charge in [0.15, 0.2) is 5.96 Å². The van der Waals surface area contributed by atoms with E-state index in [9.17, 15) is 0 Å². The fourth-order valence-corrected chi connectivity index (χ4v) is 1.10. The van der Waals surface area contributed by atoms with Crippen molar-refractivity contribution in [1.82, 2.24) is 4.90 Å². The van der Waals surface area contributed by atoms with Crippen molar-refractivity contribution < 1.29 is 0 Å². The first kappa shape index (κ1) is 11.3. The van der Waals surface area contributed by atoms with Crippen LogP contribution in [-0.2, 0) is 0 Å². The van der Waals surface area contributed by atoms with E-state index in [1.807, 2.05) is 4.90 Å². The highest BCUT2D eigenvalue weighted by Gasteiger charge is 2.22. The van der Waals surface area contributed by atoms with Crippen molar-refractivity contribution in [3.63, 3.8) is 0 Å². The normalized spacial score (nSPS) is 11.8. The predicted molar refractivity (Wildman–Crippen MR) is 53.2 cm³/mol. The number of nitrogens with zero attached hydrogens (tertiary/aromatic N) is 1. The molecule has 0 saturated carbocycles. The summed E-state index contributed by atoms with van der Waals surface area (Å²) in [5, 5.41) is 7.40. The molecule has 0 fully saturated rings.